The number of aryl methyl sites for hydroxylation is 1. The predicted molar refractivity (Wildman–Crippen MR) is 34.5 cm³/mol. The van der Waals surface area contributed by atoms with Crippen molar-refractivity contribution in [1.29, 1.82) is 0 Å². The summed E-state index contributed by atoms with van der Waals surface area (Å²) in [5, 5.41) is 3.16. The van der Waals surface area contributed by atoms with Gasteiger partial charge in [0, 0.05) is 55.1 Å². The maximum Gasteiger partial charge on any atom is 0.435 e. The summed E-state index contributed by atoms with van der Waals surface area (Å²) in [6.07, 6.45) is -4.37. The van der Waals surface area contributed by atoms with Gasteiger partial charge in [0.25, 0.3) is 7.98 Å². The molecule has 0 saturated heterocycles. The van der Waals surface area contributed by atoms with Gasteiger partial charge in [-0.1, -0.05) is 0 Å². The first-order valence-corrected chi connectivity index (χ1v) is 2.86. The van der Waals surface area contributed by atoms with Gasteiger partial charge in [-0.3, -0.25) is 0 Å². The van der Waals surface area contributed by atoms with E-state index in [1.54, 1.807) is 0 Å². The van der Waals surface area contributed by atoms with E-state index < -0.39 is 11.9 Å². The van der Waals surface area contributed by atoms with E-state index in [2.05, 4.69) is 13.1 Å². The number of halogens is 3. The summed E-state index contributed by atoms with van der Waals surface area (Å²) in [6, 6.07) is 0.951. The number of nitrogens with zero attached hydrogens (tertiary/aromatic N) is 2. The van der Waals surface area contributed by atoms with Gasteiger partial charge in [0.2, 0.25) is 0 Å². The first kappa shape index (κ1) is 12.6. The molecular weight excluding hydrogens is 308 g/mol. The van der Waals surface area contributed by atoms with E-state index in [1.807, 2.05) is 0 Å². The summed E-state index contributed by atoms with van der Waals surface area (Å²) >= 11 is 0. The van der Waals surface area contributed by atoms with Crippen LogP contribution in [0.4, 0.5) is 13.2 Å². The van der Waals surface area contributed by atoms with Crippen molar-refractivity contribution in [2.75, 3.05) is 0 Å². The van der Waals surface area contributed by atoms with Gasteiger partial charge in [-0.15, -0.1) is 0 Å². The molecule has 0 aliphatic heterocycles. The second kappa shape index (κ2) is 4.24. The van der Waals surface area contributed by atoms with Crippen molar-refractivity contribution >= 4 is 7.98 Å². The third kappa shape index (κ3) is 2.85. The Bertz CT molecular complexity index is 251. The van der Waals surface area contributed by atoms with Crippen LogP contribution in [0.2, 0.25) is 0 Å². The molecule has 0 unspecified atom stereocenters. The van der Waals surface area contributed by atoms with Crippen LogP contribution >= 0.6 is 0 Å². The number of alkyl halides is 3. The van der Waals surface area contributed by atoms with Gasteiger partial charge in [0.15, 0.2) is 5.69 Å². The van der Waals surface area contributed by atoms with Crippen LogP contribution in [0.3, 0.4) is 0 Å². The first-order valence-electron chi connectivity index (χ1n) is 2.86. The van der Waals surface area contributed by atoms with E-state index in [0.717, 1.165) is 10.7 Å². The summed E-state index contributed by atoms with van der Waals surface area (Å²) in [5.41, 5.74) is -0.512. The molecule has 1 aromatic rings. The van der Waals surface area contributed by atoms with E-state index in [9.17, 15) is 13.2 Å². The second-order valence-electron chi connectivity index (χ2n) is 2.17. The summed E-state index contributed by atoms with van der Waals surface area (Å²) < 4.78 is 36.6. The monoisotopic (exact) mass is 314 g/mol. The molecule has 0 spiro atoms. The molecular formula is C5H5BEuF3N2. The van der Waals surface area contributed by atoms with Crippen LogP contribution in [0.1, 0.15) is 11.4 Å². The molecule has 1 aromatic heterocycles. The zero-order valence-corrected chi connectivity index (χ0v) is 8.62. The Morgan fingerprint density at radius 2 is 2.00 bits per heavy atom. The van der Waals surface area contributed by atoms with Gasteiger partial charge in [0.1, 0.15) is 0 Å². The van der Waals surface area contributed by atoms with Crippen LogP contribution in [-0.2, 0) is 6.18 Å². The summed E-state index contributed by atoms with van der Waals surface area (Å²) in [5.74, 6) is 0. The Morgan fingerprint density at radius 3 is 2.17 bits per heavy atom. The van der Waals surface area contributed by atoms with Crippen molar-refractivity contribution in [1.82, 2.24) is 9.69 Å². The Balaban J connectivity index is 0.00000121. The third-order valence-electron chi connectivity index (χ3n) is 1.27. The van der Waals surface area contributed by atoms with Crippen molar-refractivity contribution in [3.63, 3.8) is 0 Å². The number of hydrogen-bond donors (Lipinski definition) is 0. The summed E-state index contributed by atoms with van der Waals surface area (Å²) in [4.78, 5) is 0. The molecule has 0 aromatic carbocycles. The molecule has 0 saturated carbocycles. The van der Waals surface area contributed by atoms with E-state index in [4.69, 9.17) is 0 Å². The predicted octanol–water partition coefficient (Wildman–Crippen LogP) is 0.874. The van der Waals surface area contributed by atoms with Gasteiger partial charge in [-0.25, -0.2) is 0 Å². The number of rotatable bonds is 0. The summed E-state index contributed by atoms with van der Waals surface area (Å²) in [7, 11) is 3.26. The van der Waals surface area contributed by atoms with Gasteiger partial charge >= 0.3 is 6.18 Å². The SMILES string of the molecule is [BH]n1nc(C(F)(F)F)cc1C.[Eu]. The van der Waals surface area contributed by atoms with Crippen LogP contribution < -0.4 is 0 Å². The molecule has 0 aliphatic rings. The molecule has 0 aliphatic carbocycles. The zero-order valence-electron chi connectivity index (χ0n) is 6.19. The quantitative estimate of drug-likeness (QED) is 0.650. The van der Waals surface area contributed by atoms with Crippen molar-refractivity contribution in [2.24, 2.45) is 0 Å². The molecule has 0 atom stereocenters. The molecule has 12 heavy (non-hydrogen) atoms. The third-order valence-corrected chi connectivity index (χ3v) is 1.27. The maximum atomic E-state index is 11.9. The fourth-order valence-electron chi connectivity index (χ4n) is 0.649. The molecule has 1 rings (SSSR count). The fourth-order valence-corrected chi connectivity index (χ4v) is 0.649. The van der Waals surface area contributed by atoms with Crippen molar-refractivity contribution in [3.8, 4) is 0 Å². The van der Waals surface area contributed by atoms with E-state index in [1.165, 1.54) is 6.92 Å². The second-order valence-corrected chi connectivity index (χ2v) is 2.17. The Hall–Kier alpha value is 0.649. The smallest absolute Gasteiger partial charge is 0.325 e. The topological polar surface area (TPSA) is 17.8 Å². The van der Waals surface area contributed by atoms with Gasteiger partial charge in [-0.2, -0.15) is 18.3 Å². The van der Waals surface area contributed by atoms with Crippen LogP contribution in [0.15, 0.2) is 6.07 Å². The van der Waals surface area contributed by atoms with Crippen LogP contribution in [0.5, 0.6) is 0 Å². The van der Waals surface area contributed by atoms with Gasteiger partial charge in [0.05, 0.1) is 0 Å². The normalized spacial score (nSPS) is 11.0. The molecule has 0 bridgehead atoms. The van der Waals surface area contributed by atoms with Crippen LogP contribution in [0.25, 0.3) is 0 Å². The maximum absolute atomic E-state index is 11.9. The molecule has 1 heterocycles. The number of hydrogen-bond acceptors (Lipinski definition) is 1. The molecule has 0 N–H and O–H groups in total. The molecule has 2 nitrogen and oxygen atoms in total. The van der Waals surface area contributed by atoms with Gasteiger partial charge in [-0.05, 0) is 13.0 Å². The van der Waals surface area contributed by atoms with Crippen LogP contribution in [-0.4, -0.2) is 17.7 Å². The van der Waals surface area contributed by atoms with E-state index in [0.29, 0.717) is 5.69 Å². The molecule has 0 amide bonds. The zero-order chi connectivity index (χ0) is 8.65. The van der Waals surface area contributed by atoms with Crippen molar-refractivity contribution in [2.45, 2.75) is 13.1 Å². The number of aromatic nitrogens is 2. The van der Waals surface area contributed by atoms with E-state index >= 15 is 0 Å². The first-order chi connectivity index (χ1) is 4.91. The standard InChI is InChI=1S/C5H5BF3N2.Eu/c1-3-2-4(5(7,8)9)10-11(3)6;/h2,6H,1H3;. The fraction of sp³-hybridized carbons (Fsp3) is 0.400. The van der Waals surface area contributed by atoms with Crippen molar-refractivity contribution in [3.05, 3.63) is 17.5 Å². The van der Waals surface area contributed by atoms with E-state index in [-0.39, 0.29) is 49.4 Å². The minimum Gasteiger partial charge on any atom is -0.325 e. The Kier molecular flexibility index (Phi) is 4.47. The molecule has 66 valence electrons. The average molecular weight is 313 g/mol. The average Bonchev–Trinajstić information content (AvgIpc) is 2.11. The van der Waals surface area contributed by atoms with Crippen molar-refractivity contribution < 1.29 is 62.5 Å². The summed E-state index contributed by atoms with van der Waals surface area (Å²) in [6.45, 7) is 1.51. The molecule has 2 radical (unpaired) electrons. The minimum absolute atomic E-state index is 0. The van der Waals surface area contributed by atoms with Crippen LogP contribution in [0, 0.1) is 56.3 Å². The molecule has 7 heteroatoms. The Morgan fingerprint density at radius 1 is 1.50 bits per heavy atom. The Labute approximate surface area is 109 Å². The van der Waals surface area contributed by atoms with Gasteiger partial charge < -0.3 is 4.59 Å². The largest absolute Gasteiger partial charge is 0.435 e. The molecule has 0 fully saturated rings. The minimum atomic E-state index is -4.37.